The second-order valence-electron chi connectivity index (χ2n) is 13.7. The third-order valence-electron chi connectivity index (χ3n) is 11.8. The zero-order chi connectivity index (χ0) is 23.1. The van der Waals surface area contributed by atoms with Crippen molar-refractivity contribution >= 4 is 0 Å². The van der Waals surface area contributed by atoms with Gasteiger partial charge in [0.05, 0.1) is 6.10 Å². The number of fused-ring (bicyclic) bond motifs is 5. The van der Waals surface area contributed by atoms with Gasteiger partial charge in [0, 0.05) is 0 Å². The van der Waals surface area contributed by atoms with Gasteiger partial charge in [-0.25, -0.2) is 0 Å². The number of allylic oxidation sites excluding steroid dienone is 2. The number of aliphatic hydroxyl groups is 1. The van der Waals surface area contributed by atoms with Crippen molar-refractivity contribution in [2.24, 2.45) is 58.2 Å². The Morgan fingerprint density at radius 2 is 1.53 bits per heavy atom. The van der Waals surface area contributed by atoms with Gasteiger partial charge in [0.1, 0.15) is 0 Å². The molecule has 4 rings (SSSR count). The molecule has 0 unspecified atom stereocenters. The average molecular weight is 443 g/mol. The Morgan fingerprint density at radius 1 is 0.844 bits per heavy atom. The molecule has 0 amide bonds. The van der Waals surface area contributed by atoms with Gasteiger partial charge in [-0.1, -0.05) is 66.0 Å². The summed E-state index contributed by atoms with van der Waals surface area (Å²) in [5, 5.41) is 10.9. The van der Waals surface area contributed by atoms with Crippen LogP contribution >= 0.6 is 0 Å². The highest BCUT2D eigenvalue weighted by atomic mass is 16.3. The molecular weight excluding hydrogens is 388 g/mol. The lowest BCUT2D eigenvalue weighted by molar-refractivity contribution is -0.152. The van der Waals surface area contributed by atoms with Crippen LogP contribution in [0.2, 0.25) is 0 Å². The number of hydrogen-bond acceptors (Lipinski definition) is 1. The van der Waals surface area contributed by atoms with Crippen LogP contribution in [0.4, 0.5) is 0 Å². The predicted molar refractivity (Wildman–Crippen MR) is 137 cm³/mol. The molecule has 10 atom stereocenters. The summed E-state index contributed by atoms with van der Waals surface area (Å²) in [6, 6.07) is 0. The van der Waals surface area contributed by atoms with E-state index < -0.39 is 0 Å². The van der Waals surface area contributed by atoms with Gasteiger partial charge in [0.2, 0.25) is 0 Å². The molecule has 1 nitrogen and oxygen atoms in total. The number of aliphatic hydroxyl groups excluding tert-OH is 1. The highest BCUT2D eigenvalue weighted by molar-refractivity contribution is 5.11. The monoisotopic (exact) mass is 442 g/mol. The first-order valence-corrected chi connectivity index (χ1v) is 14.5. The van der Waals surface area contributed by atoms with E-state index in [4.69, 9.17) is 0 Å². The SMILES string of the molecule is C/C=C/C[C@@H]1[C@H](O)CC[C@@]2(C)[C@H]1CC[C@@H]1[C@@H]2CC[C@]2(C)[C@@H]([C@H](C)CCCC(C)C)CC[C@@H]12. The molecule has 0 heterocycles. The number of hydrogen-bond donors (Lipinski definition) is 1. The first-order valence-electron chi connectivity index (χ1n) is 14.5. The normalized spacial score (nSPS) is 47.3. The minimum absolute atomic E-state index is 0.0720. The zero-order valence-corrected chi connectivity index (χ0v) is 22.3. The van der Waals surface area contributed by atoms with Crippen molar-refractivity contribution in [1.29, 1.82) is 0 Å². The first kappa shape index (κ1) is 24.8. The lowest BCUT2D eigenvalue weighted by Gasteiger charge is -2.62. The lowest BCUT2D eigenvalue weighted by Crippen LogP contribution is -2.56. The Bertz CT molecular complexity index is 651. The molecule has 0 aromatic heterocycles. The van der Waals surface area contributed by atoms with Crippen LogP contribution in [0.25, 0.3) is 0 Å². The molecular formula is C31H54O. The van der Waals surface area contributed by atoms with Crippen LogP contribution < -0.4 is 0 Å². The maximum atomic E-state index is 10.9. The first-order chi connectivity index (χ1) is 15.2. The Kier molecular flexibility index (Phi) is 7.56. The van der Waals surface area contributed by atoms with E-state index in [9.17, 15) is 5.11 Å². The average Bonchev–Trinajstić information content (AvgIpc) is 3.10. The molecule has 0 aliphatic heterocycles. The molecule has 0 aromatic carbocycles. The van der Waals surface area contributed by atoms with E-state index in [1.807, 2.05) is 0 Å². The van der Waals surface area contributed by atoms with Gasteiger partial charge < -0.3 is 5.11 Å². The summed E-state index contributed by atoms with van der Waals surface area (Å²) >= 11 is 0. The summed E-state index contributed by atoms with van der Waals surface area (Å²) in [5.41, 5.74) is 1.07. The van der Waals surface area contributed by atoms with E-state index in [1.54, 1.807) is 0 Å². The van der Waals surface area contributed by atoms with Crippen LogP contribution in [0.3, 0.4) is 0 Å². The summed E-state index contributed by atoms with van der Waals surface area (Å²) in [6.07, 6.45) is 20.9. The molecule has 32 heavy (non-hydrogen) atoms. The molecule has 1 N–H and O–H groups in total. The van der Waals surface area contributed by atoms with Crippen molar-refractivity contribution in [3.63, 3.8) is 0 Å². The maximum Gasteiger partial charge on any atom is 0.0574 e. The molecule has 0 spiro atoms. The summed E-state index contributed by atoms with van der Waals surface area (Å²) < 4.78 is 0. The smallest absolute Gasteiger partial charge is 0.0574 e. The van der Waals surface area contributed by atoms with Gasteiger partial charge in [-0.2, -0.15) is 0 Å². The fourth-order valence-corrected chi connectivity index (χ4v) is 10.1. The Labute approximate surface area is 200 Å². The standard InChI is InChI=1S/C31H54O/c1-7-8-12-24-27-14-13-23-26-16-15-25(22(4)11-9-10-21(2)3)30(26,5)19-17-28(23)31(27,6)20-18-29(24)32/h7-8,21-29,32H,9-20H2,1-6H3/b8-7+/t22-,23+,24+,25-,26+,27+,28+,29-,30-,31+/m1/s1. The van der Waals surface area contributed by atoms with Crippen molar-refractivity contribution in [2.75, 3.05) is 0 Å². The second-order valence-corrected chi connectivity index (χ2v) is 13.7. The second kappa shape index (κ2) is 9.75. The topological polar surface area (TPSA) is 20.2 Å². The highest BCUT2D eigenvalue weighted by Crippen LogP contribution is 2.69. The van der Waals surface area contributed by atoms with Gasteiger partial charge >= 0.3 is 0 Å². The third kappa shape index (κ3) is 4.27. The predicted octanol–water partition coefficient (Wildman–Crippen LogP) is 8.66. The van der Waals surface area contributed by atoms with Crippen molar-refractivity contribution in [3.8, 4) is 0 Å². The Morgan fingerprint density at radius 3 is 2.25 bits per heavy atom. The minimum atomic E-state index is -0.0720. The summed E-state index contributed by atoms with van der Waals surface area (Å²) in [7, 11) is 0. The molecule has 4 aliphatic rings. The number of rotatable bonds is 7. The molecule has 0 bridgehead atoms. The van der Waals surface area contributed by atoms with Crippen molar-refractivity contribution < 1.29 is 5.11 Å². The fourth-order valence-electron chi connectivity index (χ4n) is 10.1. The van der Waals surface area contributed by atoms with Gasteiger partial charge in [-0.15, -0.1) is 0 Å². The van der Waals surface area contributed by atoms with Crippen LogP contribution in [-0.4, -0.2) is 11.2 Å². The van der Waals surface area contributed by atoms with Crippen molar-refractivity contribution in [1.82, 2.24) is 0 Å². The van der Waals surface area contributed by atoms with Crippen LogP contribution in [-0.2, 0) is 0 Å². The molecule has 4 saturated carbocycles. The third-order valence-corrected chi connectivity index (χ3v) is 11.8. The Balaban J connectivity index is 1.48. The minimum Gasteiger partial charge on any atom is -0.393 e. The lowest BCUT2D eigenvalue weighted by atomic mass is 9.43. The van der Waals surface area contributed by atoms with Gasteiger partial charge in [0.15, 0.2) is 0 Å². The van der Waals surface area contributed by atoms with E-state index >= 15 is 0 Å². The Hall–Kier alpha value is -0.300. The van der Waals surface area contributed by atoms with E-state index in [-0.39, 0.29) is 6.10 Å². The van der Waals surface area contributed by atoms with Gasteiger partial charge in [-0.05, 0) is 123 Å². The highest BCUT2D eigenvalue weighted by Gasteiger charge is 2.61. The summed E-state index contributed by atoms with van der Waals surface area (Å²) in [6.45, 7) is 14.9. The van der Waals surface area contributed by atoms with E-state index in [2.05, 4.69) is 53.7 Å². The molecule has 1 heteroatoms. The zero-order valence-electron chi connectivity index (χ0n) is 22.3. The molecule has 0 radical (unpaired) electrons. The van der Waals surface area contributed by atoms with E-state index in [0.29, 0.717) is 16.7 Å². The van der Waals surface area contributed by atoms with E-state index in [0.717, 1.165) is 54.3 Å². The van der Waals surface area contributed by atoms with E-state index in [1.165, 1.54) is 64.2 Å². The summed E-state index contributed by atoms with van der Waals surface area (Å²) in [4.78, 5) is 0. The quantitative estimate of drug-likeness (QED) is 0.391. The van der Waals surface area contributed by atoms with Crippen LogP contribution in [0.1, 0.15) is 119 Å². The van der Waals surface area contributed by atoms with Crippen molar-refractivity contribution in [2.45, 2.75) is 125 Å². The molecule has 0 aromatic rings. The fraction of sp³-hybridized carbons (Fsp3) is 0.935. The van der Waals surface area contributed by atoms with Crippen LogP contribution in [0.15, 0.2) is 12.2 Å². The molecule has 4 fully saturated rings. The van der Waals surface area contributed by atoms with Crippen molar-refractivity contribution in [3.05, 3.63) is 12.2 Å². The van der Waals surface area contributed by atoms with Crippen LogP contribution in [0.5, 0.6) is 0 Å². The van der Waals surface area contributed by atoms with Crippen LogP contribution in [0, 0.1) is 58.2 Å². The molecule has 184 valence electrons. The largest absolute Gasteiger partial charge is 0.393 e. The molecule has 4 aliphatic carbocycles. The maximum absolute atomic E-state index is 10.9. The van der Waals surface area contributed by atoms with Gasteiger partial charge in [-0.3, -0.25) is 0 Å². The molecule has 0 saturated heterocycles. The van der Waals surface area contributed by atoms with Gasteiger partial charge in [0.25, 0.3) is 0 Å². The summed E-state index contributed by atoms with van der Waals surface area (Å²) in [5.74, 6) is 6.79.